The molecular formula is C22H20N2O3. The number of benzene rings is 2. The van der Waals surface area contributed by atoms with Crippen molar-refractivity contribution in [1.29, 1.82) is 0 Å². The van der Waals surface area contributed by atoms with Gasteiger partial charge in [0.25, 0.3) is 0 Å². The molecule has 0 fully saturated rings. The summed E-state index contributed by atoms with van der Waals surface area (Å²) in [4.78, 5) is 23.8. The Morgan fingerprint density at radius 3 is 2.48 bits per heavy atom. The van der Waals surface area contributed by atoms with Gasteiger partial charge in [0.15, 0.2) is 0 Å². The lowest BCUT2D eigenvalue weighted by Crippen LogP contribution is -2.25. The van der Waals surface area contributed by atoms with E-state index in [1.54, 1.807) is 18.4 Å². The number of rotatable bonds is 7. The van der Waals surface area contributed by atoms with Crippen LogP contribution in [0.15, 0.2) is 84.0 Å². The largest absolute Gasteiger partial charge is 0.464 e. The van der Waals surface area contributed by atoms with E-state index in [1.165, 1.54) is 6.08 Å². The maximum Gasteiger partial charge on any atom is 0.247 e. The molecule has 0 radical (unpaired) electrons. The fraction of sp³-hybridized carbons (Fsp3) is 0.0909. The molecule has 2 aromatic carbocycles. The van der Waals surface area contributed by atoms with Crippen molar-refractivity contribution < 1.29 is 14.0 Å². The minimum Gasteiger partial charge on any atom is -0.464 e. The first-order valence-electron chi connectivity index (χ1n) is 8.56. The van der Waals surface area contributed by atoms with E-state index in [2.05, 4.69) is 17.2 Å². The predicted octanol–water partition coefficient (Wildman–Crippen LogP) is 3.93. The number of furan rings is 1. The number of anilines is 1. The molecule has 0 bridgehead atoms. The van der Waals surface area contributed by atoms with Gasteiger partial charge in [-0.25, -0.2) is 0 Å². The van der Waals surface area contributed by atoms with Crippen LogP contribution in [0.1, 0.15) is 11.1 Å². The van der Waals surface area contributed by atoms with Gasteiger partial charge in [0, 0.05) is 17.8 Å². The zero-order chi connectivity index (χ0) is 19.1. The van der Waals surface area contributed by atoms with Crippen molar-refractivity contribution in [3.05, 3.63) is 90.7 Å². The molecule has 0 aliphatic rings. The standard InChI is InChI=1S/C22H20N2O3/c1-2-21(25)24-19-7-4-3-6-18(19)14-22(26)23-15-16-9-11-17(12-10-16)20-8-5-13-27-20/h2-13H,1,14-15H2,(H,23,26)(H,24,25). The Morgan fingerprint density at radius 1 is 1.00 bits per heavy atom. The van der Waals surface area contributed by atoms with Crippen LogP contribution in [0.2, 0.25) is 0 Å². The predicted molar refractivity (Wildman–Crippen MR) is 105 cm³/mol. The van der Waals surface area contributed by atoms with E-state index < -0.39 is 0 Å². The Morgan fingerprint density at radius 2 is 1.78 bits per heavy atom. The summed E-state index contributed by atoms with van der Waals surface area (Å²) in [7, 11) is 0. The SMILES string of the molecule is C=CC(=O)Nc1ccccc1CC(=O)NCc1ccc(-c2ccco2)cc1. The molecule has 1 aromatic heterocycles. The molecule has 0 atom stereocenters. The van der Waals surface area contributed by atoms with Gasteiger partial charge in [-0.3, -0.25) is 9.59 Å². The van der Waals surface area contributed by atoms with Gasteiger partial charge in [-0.1, -0.05) is 49.0 Å². The summed E-state index contributed by atoms with van der Waals surface area (Å²) in [6, 6.07) is 18.8. The summed E-state index contributed by atoms with van der Waals surface area (Å²) in [5.74, 6) is 0.383. The third kappa shape index (κ3) is 4.95. The Kier molecular flexibility index (Phi) is 5.84. The molecule has 1 heterocycles. The fourth-order valence-electron chi connectivity index (χ4n) is 2.65. The summed E-state index contributed by atoms with van der Waals surface area (Å²) in [5, 5.41) is 5.61. The molecule has 0 aliphatic carbocycles. The van der Waals surface area contributed by atoms with E-state index in [9.17, 15) is 9.59 Å². The van der Waals surface area contributed by atoms with Gasteiger partial charge < -0.3 is 15.1 Å². The summed E-state index contributed by atoms with van der Waals surface area (Å²) >= 11 is 0. The third-order valence-electron chi connectivity index (χ3n) is 4.06. The van der Waals surface area contributed by atoms with E-state index in [4.69, 9.17) is 4.42 Å². The first kappa shape index (κ1) is 18.2. The average molecular weight is 360 g/mol. The molecule has 27 heavy (non-hydrogen) atoms. The topological polar surface area (TPSA) is 71.3 Å². The van der Waals surface area contributed by atoms with E-state index in [-0.39, 0.29) is 18.2 Å². The summed E-state index contributed by atoms with van der Waals surface area (Å²) in [5.41, 5.74) is 3.34. The van der Waals surface area contributed by atoms with Gasteiger partial charge in [0.1, 0.15) is 5.76 Å². The van der Waals surface area contributed by atoms with E-state index in [0.717, 1.165) is 22.5 Å². The summed E-state index contributed by atoms with van der Waals surface area (Å²) in [6.07, 6.45) is 3.01. The van der Waals surface area contributed by atoms with Crippen molar-refractivity contribution in [2.75, 3.05) is 5.32 Å². The monoisotopic (exact) mass is 360 g/mol. The Bertz CT molecular complexity index is 928. The van der Waals surface area contributed by atoms with Gasteiger partial charge >= 0.3 is 0 Å². The number of nitrogens with one attached hydrogen (secondary N) is 2. The lowest BCUT2D eigenvalue weighted by atomic mass is 10.1. The first-order chi connectivity index (χ1) is 13.2. The number of hydrogen-bond acceptors (Lipinski definition) is 3. The number of hydrogen-bond donors (Lipinski definition) is 2. The molecular weight excluding hydrogens is 340 g/mol. The van der Waals surface area contributed by atoms with Gasteiger partial charge in [-0.05, 0) is 35.4 Å². The second kappa shape index (κ2) is 8.67. The minimum atomic E-state index is -0.306. The Labute approximate surface area is 157 Å². The minimum absolute atomic E-state index is 0.120. The number of carbonyl (C=O) groups excluding carboxylic acids is 2. The zero-order valence-electron chi connectivity index (χ0n) is 14.8. The highest BCUT2D eigenvalue weighted by Crippen LogP contribution is 2.20. The molecule has 2 amide bonds. The van der Waals surface area contributed by atoms with Crippen LogP contribution in [0.25, 0.3) is 11.3 Å². The highest BCUT2D eigenvalue weighted by molar-refractivity contribution is 5.99. The van der Waals surface area contributed by atoms with E-state index >= 15 is 0 Å². The summed E-state index contributed by atoms with van der Waals surface area (Å²) < 4.78 is 5.36. The van der Waals surface area contributed by atoms with Crippen LogP contribution in [0.5, 0.6) is 0 Å². The summed E-state index contributed by atoms with van der Waals surface area (Å²) in [6.45, 7) is 3.86. The highest BCUT2D eigenvalue weighted by atomic mass is 16.3. The van der Waals surface area contributed by atoms with Crippen LogP contribution < -0.4 is 10.6 Å². The molecule has 5 heteroatoms. The van der Waals surface area contributed by atoms with E-state index in [0.29, 0.717) is 12.2 Å². The molecule has 2 N–H and O–H groups in total. The quantitative estimate of drug-likeness (QED) is 0.627. The van der Waals surface area contributed by atoms with Crippen LogP contribution >= 0.6 is 0 Å². The molecule has 0 spiro atoms. The van der Waals surface area contributed by atoms with Gasteiger partial charge in [0.05, 0.1) is 12.7 Å². The van der Waals surface area contributed by atoms with Crippen molar-refractivity contribution in [2.45, 2.75) is 13.0 Å². The molecule has 0 saturated heterocycles. The first-order valence-corrected chi connectivity index (χ1v) is 8.56. The maximum atomic E-state index is 12.3. The van der Waals surface area contributed by atoms with Crippen molar-refractivity contribution in [2.24, 2.45) is 0 Å². The van der Waals surface area contributed by atoms with Crippen LogP contribution in [0, 0.1) is 0 Å². The molecule has 0 saturated carbocycles. The number of para-hydroxylation sites is 1. The number of amides is 2. The fourth-order valence-corrected chi connectivity index (χ4v) is 2.65. The molecule has 0 unspecified atom stereocenters. The van der Waals surface area contributed by atoms with Crippen LogP contribution in [-0.4, -0.2) is 11.8 Å². The van der Waals surface area contributed by atoms with E-state index in [1.807, 2.05) is 48.5 Å². The number of carbonyl (C=O) groups is 2. The van der Waals surface area contributed by atoms with Crippen LogP contribution in [0.3, 0.4) is 0 Å². The third-order valence-corrected chi connectivity index (χ3v) is 4.06. The maximum absolute atomic E-state index is 12.3. The highest BCUT2D eigenvalue weighted by Gasteiger charge is 2.09. The average Bonchev–Trinajstić information content (AvgIpc) is 3.23. The van der Waals surface area contributed by atoms with Crippen molar-refractivity contribution >= 4 is 17.5 Å². The molecule has 0 aliphatic heterocycles. The molecule has 136 valence electrons. The Balaban J connectivity index is 1.57. The zero-order valence-corrected chi connectivity index (χ0v) is 14.8. The van der Waals surface area contributed by atoms with Crippen LogP contribution in [0.4, 0.5) is 5.69 Å². The molecule has 5 nitrogen and oxygen atoms in total. The van der Waals surface area contributed by atoms with Crippen molar-refractivity contribution in [3.8, 4) is 11.3 Å². The van der Waals surface area contributed by atoms with Crippen molar-refractivity contribution in [1.82, 2.24) is 5.32 Å². The second-order valence-corrected chi connectivity index (χ2v) is 5.98. The van der Waals surface area contributed by atoms with Gasteiger partial charge in [-0.15, -0.1) is 0 Å². The smallest absolute Gasteiger partial charge is 0.247 e. The lowest BCUT2D eigenvalue weighted by molar-refractivity contribution is -0.120. The van der Waals surface area contributed by atoms with Crippen molar-refractivity contribution in [3.63, 3.8) is 0 Å². The normalized spacial score (nSPS) is 10.2. The second-order valence-electron chi connectivity index (χ2n) is 5.98. The molecule has 3 rings (SSSR count). The van der Waals surface area contributed by atoms with Gasteiger partial charge in [-0.2, -0.15) is 0 Å². The molecule has 3 aromatic rings. The Hall–Kier alpha value is -3.60. The lowest BCUT2D eigenvalue weighted by Gasteiger charge is -2.10. The van der Waals surface area contributed by atoms with Gasteiger partial charge in [0.2, 0.25) is 11.8 Å². The van der Waals surface area contributed by atoms with Crippen LogP contribution in [-0.2, 0) is 22.6 Å².